The van der Waals surface area contributed by atoms with E-state index in [1.807, 2.05) is 32.0 Å². The molecule has 0 radical (unpaired) electrons. The van der Waals surface area contributed by atoms with Crippen molar-refractivity contribution in [1.29, 1.82) is 0 Å². The number of amides is 1. The summed E-state index contributed by atoms with van der Waals surface area (Å²) in [5.41, 5.74) is 1.38. The first kappa shape index (κ1) is 20.7. The van der Waals surface area contributed by atoms with E-state index >= 15 is 0 Å². The normalized spacial score (nSPS) is 13.9. The summed E-state index contributed by atoms with van der Waals surface area (Å²) in [6, 6.07) is 10.9. The minimum atomic E-state index is -0.164. The van der Waals surface area contributed by atoms with Crippen LogP contribution in [0, 0.1) is 13.8 Å². The Hall–Kier alpha value is -4.21. The van der Waals surface area contributed by atoms with Crippen LogP contribution >= 0.6 is 0 Å². The molecule has 1 fully saturated rings. The van der Waals surface area contributed by atoms with Crippen LogP contribution in [0.5, 0.6) is 0 Å². The van der Waals surface area contributed by atoms with Crippen LogP contribution in [0.2, 0.25) is 0 Å². The fourth-order valence-corrected chi connectivity index (χ4v) is 3.73. The van der Waals surface area contributed by atoms with Crippen molar-refractivity contribution >= 4 is 23.4 Å². The average Bonchev–Trinajstić information content (AvgIpc) is 3.50. The van der Waals surface area contributed by atoms with Crippen LogP contribution in [0.1, 0.15) is 21.9 Å². The Labute approximate surface area is 190 Å². The molecule has 10 heteroatoms. The van der Waals surface area contributed by atoms with Crippen molar-refractivity contribution in [1.82, 2.24) is 25.0 Å². The number of nitrogens with zero attached hydrogens (tertiary/aromatic N) is 6. The molecule has 1 aliphatic heterocycles. The highest BCUT2D eigenvalue weighted by molar-refractivity contribution is 5.93. The third kappa shape index (κ3) is 4.54. The second-order valence-corrected chi connectivity index (χ2v) is 7.83. The van der Waals surface area contributed by atoms with Crippen molar-refractivity contribution in [2.45, 2.75) is 13.8 Å². The maximum Gasteiger partial charge on any atom is 0.276 e. The van der Waals surface area contributed by atoms with E-state index in [0.717, 1.165) is 17.2 Å². The molecule has 0 saturated carbocycles. The van der Waals surface area contributed by atoms with E-state index in [1.165, 1.54) is 0 Å². The number of piperazine rings is 1. The quantitative estimate of drug-likeness (QED) is 0.493. The van der Waals surface area contributed by atoms with Gasteiger partial charge in [-0.1, -0.05) is 5.16 Å². The van der Waals surface area contributed by atoms with Gasteiger partial charge in [-0.25, -0.2) is 15.0 Å². The molecular weight excluding hydrogens is 422 g/mol. The first-order chi connectivity index (χ1) is 16.0. The van der Waals surface area contributed by atoms with E-state index in [0.29, 0.717) is 49.3 Å². The molecule has 0 aliphatic carbocycles. The Kier molecular flexibility index (Phi) is 5.47. The summed E-state index contributed by atoms with van der Waals surface area (Å²) in [6.07, 6.45) is 3.31. The highest BCUT2D eigenvalue weighted by Crippen LogP contribution is 2.23. The van der Waals surface area contributed by atoms with Crippen molar-refractivity contribution in [3.63, 3.8) is 0 Å². The minimum Gasteiger partial charge on any atom is -0.461 e. The summed E-state index contributed by atoms with van der Waals surface area (Å²) < 4.78 is 10.6. The van der Waals surface area contributed by atoms with Gasteiger partial charge >= 0.3 is 0 Å². The Bertz CT molecular complexity index is 1260. The molecule has 4 aromatic rings. The lowest BCUT2D eigenvalue weighted by molar-refractivity contribution is 0.0736. The van der Waals surface area contributed by atoms with Crippen molar-refractivity contribution in [3.05, 3.63) is 65.9 Å². The van der Waals surface area contributed by atoms with Gasteiger partial charge in [0, 0.05) is 44.5 Å². The maximum absolute atomic E-state index is 12.9. The maximum atomic E-state index is 12.9. The van der Waals surface area contributed by atoms with Gasteiger partial charge in [-0.3, -0.25) is 4.79 Å². The van der Waals surface area contributed by atoms with Gasteiger partial charge in [-0.15, -0.1) is 0 Å². The van der Waals surface area contributed by atoms with E-state index < -0.39 is 0 Å². The van der Waals surface area contributed by atoms with Crippen LogP contribution in [0.3, 0.4) is 0 Å². The molecule has 0 bridgehead atoms. The molecule has 1 amide bonds. The number of hydrogen-bond acceptors (Lipinski definition) is 9. The number of carbonyl (C=O) groups is 1. The van der Waals surface area contributed by atoms with Gasteiger partial charge < -0.3 is 24.1 Å². The first-order valence-electron chi connectivity index (χ1n) is 10.7. The Morgan fingerprint density at radius 2 is 1.85 bits per heavy atom. The zero-order valence-corrected chi connectivity index (χ0v) is 18.4. The van der Waals surface area contributed by atoms with Crippen molar-refractivity contribution < 1.29 is 13.7 Å². The topological polar surface area (TPSA) is 113 Å². The van der Waals surface area contributed by atoms with E-state index in [2.05, 4.69) is 30.3 Å². The number of rotatable bonds is 5. The smallest absolute Gasteiger partial charge is 0.276 e. The van der Waals surface area contributed by atoms with E-state index in [9.17, 15) is 4.79 Å². The van der Waals surface area contributed by atoms with Gasteiger partial charge in [0.05, 0.1) is 6.26 Å². The molecule has 0 unspecified atom stereocenters. The molecular formula is C23H23N7O3. The summed E-state index contributed by atoms with van der Waals surface area (Å²) in [6.45, 7) is 6.26. The van der Waals surface area contributed by atoms with Gasteiger partial charge in [-0.05, 0) is 43.7 Å². The molecule has 4 aromatic heterocycles. The highest BCUT2D eigenvalue weighted by atomic mass is 16.5. The van der Waals surface area contributed by atoms with Gasteiger partial charge in [0.2, 0.25) is 5.76 Å². The molecule has 1 saturated heterocycles. The summed E-state index contributed by atoms with van der Waals surface area (Å²) in [5.74, 6) is 3.69. The number of pyridine rings is 1. The monoisotopic (exact) mass is 445 g/mol. The molecule has 33 heavy (non-hydrogen) atoms. The number of furan rings is 1. The molecule has 0 atom stereocenters. The van der Waals surface area contributed by atoms with E-state index in [-0.39, 0.29) is 11.6 Å². The molecule has 10 nitrogen and oxygen atoms in total. The molecule has 1 N–H and O–H groups in total. The van der Waals surface area contributed by atoms with Crippen LogP contribution in [0.15, 0.2) is 57.8 Å². The largest absolute Gasteiger partial charge is 0.461 e. The second-order valence-electron chi connectivity index (χ2n) is 7.83. The molecule has 0 aromatic carbocycles. The average molecular weight is 445 g/mol. The molecule has 1 aliphatic rings. The Balaban J connectivity index is 1.24. The molecule has 5 rings (SSSR count). The lowest BCUT2D eigenvalue weighted by Gasteiger charge is -2.35. The van der Waals surface area contributed by atoms with Gasteiger partial charge in [0.1, 0.15) is 23.3 Å². The van der Waals surface area contributed by atoms with Crippen LogP contribution < -0.4 is 10.2 Å². The number of aryl methyl sites for hydroxylation is 2. The zero-order valence-electron chi connectivity index (χ0n) is 18.4. The third-order valence-electron chi connectivity index (χ3n) is 5.38. The predicted molar refractivity (Wildman–Crippen MR) is 121 cm³/mol. The summed E-state index contributed by atoms with van der Waals surface area (Å²) in [5, 5.41) is 7.17. The highest BCUT2D eigenvalue weighted by Gasteiger charge is 2.26. The van der Waals surface area contributed by atoms with Crippen molar-refractivity contribution in [2.75, 3.05) is 36.4 Å². The van der Waals surface area contributed by atoms with Crippen LogP contribution in [0.25, 0.3) is 11.5 Å². The fourth-order valence-electron chi connectivity index (χ4n) is 3.73. The molecule has 0 spiro atoms. The van der Waals surface area contributed by atoms with Crippen LogP contribution in [-0.4, -0.2) is 57.1 Å². The number of anilines is 3. The number of aromatic nitrogens is 4. The van der Waals surface area contributed by atoms with Crippen molar-refractivity contribution in [2.24, 2.45) is 0 Å². The van der Waals surface area contributed by atoms with E-state index in [4.69, 9.17) is 8.94 Å². The molecule has 5 heterocycles. The second kappa shape index (κ2) is 8.73. The summed E-state index contributed by atoms with van der Waals surface area (Å²) >= 11 is 0. The van der Waals surface area contributed by atoms with Gasteiger partial charge in [0.15, 0.2) is 11.5 Å². The first-order valence-corrected chi connectivity index (χ1v) is 10.7. The fraction of sp³-hybridized carbons (Fsp3) is 0.261. The minimum absolute atomic E-state index is 0.164. The SMILES string of the molecule is Cc1ccnc(Nc2cc(N3CCN(C(=O)c4cc(-c5ccco5)on4)CC3)nc(C)n2)c1. The van der Waals surface area contributed by atoms with Gasteiger partial charge in [0.25, 0.3) is 5.91 Å². The summed E-state index contributed by atoms with van der Waals surface area (Å²) in [7, 11) is 0. The van der Waals surface area contributed by atoms with E-state index in [1.54, 1.807) is 35.6 Å². The van der Waals surface area contributed by atoms with Crippen LogP contribution in [0.4, 0.5) is 17.5 Å². The lowest BCUT2D eigenvalue weighted by atomic mass is 10.2. The molecule has 168 valence electrons. The Morgan fingerprint density at radius 1 is 1.00 bits per heavy atom. The predicted octanol–water partition coefficient (Wildman–Crippen LogP) is 3.44. The van der Waals surface area contributed by atoms with Gasteiger partial charge in [-0.2, -0.15) is 0 Å². The van der Waals surface area contributed by atoms with Crippen LogP contribution in [-0.2, 0) is 0 Å². The summed E-state index contributed by atoms with van der Waals surface area (Å²) in [4.78, 5) is 30.2. The Morgan fingerprint density at radius 3 is 2.61 bits per heavy atom. The number of nitrogens with one attached hydrogen (secondary N) is 1. The number of carbonyl (C=O) groups excluding carboxylic acids is 1. The lowest BCUT2D eigenvalue weighted by Crippen LogP contribution is -2.49. The standard InChI is InChI=1S/C23H23N7O3/c1-15-5-6-24-20(12-15)27-21-14-22(26-16(2)25-21)29-7-9-30(10-8-29)23(31)17-13-19(33-28-17)18-4-3-11-32-18/h3-6,11-14H,7-10H2,1-2H3,(H,24,25,26,27). The zero-order chi connectivity index (χ0) is 22.8. The third-order valence-corrected chi connectivity index (χ3v) is 5.38. The number of hydrogen-bond donors (Lipinski definition) is 1. The van der Waals surface area contributed by atoms with Crippen molar-refractivity contribution in [3.8, 4) is 11.5 Å².